The van der Waals surface area contributed by atoms with Crippen molar-refractivity contribution in [2.24, 2.45) is 5.92 Å². The molecule has 0 fully saturated rings. The zero-order valence-electron chi connectivity index (χ0n) is 10.6. The third-order valence-electron chi connectivity index (χ3n) is 2.90. The van der Waals surface area contributed by atoms with Gasteiger partial charge >= 0.3 is 0 Å². The molecule has 0 saturated carbocycles. The van der Waals surface area contributed by atoms with Crippen molar-refractivity contribution >= 4 is 33.3 Å². The van der Waals surface area contributed by atoms with Crippen LogP contribution in [0.5, 0.6) is 0 Å². The second kappa shape index (κ2) is 4.49. The molecule has 0 bridgehead atoms. The van der Waals surface area contributed by atoms with Crippen LogP contribution in [0.1, 0.15) is 25.6 Å². The first-order valence-electron chi connectivity index (χ1n) is 5.77. The van der Waals surface area contributed by atoms with Crippen LogP contribution in [-0.2, 0) is 0 Å². The van der Waals surface area contributed by atoms with Crippen LogP contribution < -0.4 is 11.1 Å². The molecule has 0 radical (unpaired) electrons. The molecule has 5 heteroatoms. The number of rotatable bonds is 3. The highest BCUT2D eigenvalue weighted by Crippen LogP contribution is 2.29. The van der Waals surface area contributed by atoms with E-state index in [9.17, 15) is 0 Å². The summed E-state index contributed by atoms with van der Waals surface area (Å²) in [6.45, 7) is 8.57. The zero-order chi connectivity index (χ0) is 12.6. The van der Waals surface area contributed by atoms with Gasteiger partial charge in [-0.3, -0.25) is 0 Å². The summed E-state index contributed by atoms with van der Waals surface area (Å²) in [5, 5.41) is 4.48. The van der Waals surface area contributed by atoms with E-state index in [4.69, 9.17) is 5.73 Å². The summed E-state index contributed by atoms with van der Waals surface area (Å²) in [7, 11) is 0. The lowest BCUT2D eigenvalue weighted by atomic mass is 10.1. The molecule has 2 rings (SSSR count). The predicted octanol–water partition coefficient (Wildman–Crippen LogP) is 3.04. The van der Waals surface area contributed by atoms with Crippen molar-refractivity contribution in [1.29, 1.82) is 0 Å². The van der Waals surface area contributed by atoms with Gasteiger partial charge in [0.1, 0.15) is 10.6 Å². The smallest absolute Gasteiger partial charge is 0.223 e. The van der Waals surface area contributed by atoms with Crippen LogP contribution in [0.2, 0.25) is 0 Å². The van der Waals surface area contributed by atoms with Crippen LogP contribution in [0.25, 0.3) is 10.2 Å². The molecule has 0 saturated heterocycles. The van der Waals surface area contributed by atoms with Crippen LogP contribution in [0.4, 0.5) is 11.8 Å². The van der Waals surface area contributed by atoms with Gasteiger partial charge in [0.25, 0.3) is 0 Å². The third-order valence-corrected chi connectivity index (χ3v) is 3.84. The highest BCUT2D eigenvalue weighted by atomic mass is 32.1. The normalized spacial score (nSPS) is 13.2. The van der Waals surface area contributed by atoms with Gasteiger partial charge in [0.2, 0.25) is 5.95 Å². The Morgan fingerprint density at radius 1 is 1.29 bits per heavy atom. The van der Waals surface area contributed by atoms with E-state index in [1.165, 1.54) is 4.88 Å². The van der Waals surface area contributed by atoms with Gasteiger partial charge < -0.3 is 11.1 Å². The van der Waals surface area contributed by atoms with Crippen molar-refractivity contribution in [3.05, 3.63) is 10.9 Å². The molecule has 1 atom stereocenters. The average Bonchev–Trinajstić information content (AvgIpc) is 2.58. The SMILES string of the molecule is Cc1cc2c(NC(C)C(C)C)nc(N)nc2s1. The minimum absolute atomic E-state index is 0.331. The Kier molecular flexibility index (Phi) is 3.19. The number of aryl methyl sites for hydroxylation is 1. The number of nitrogens with two attached hydrogens (primary N) is 1. The van der Waals surface area contributed by atoms with E-state index in [0.29, 0.717) is 17.9 Å². The molecule has 0 aliphatic heterocycles. The fourth-order valence-corrected chi connectivity index (χ4v) is 2.44. The summed E-state index contributed by atoms with van der Waals surface area (Å²) >= 11 is 1.64. The van der Waals surface area contributed by atoms with Crippen molar-refractivity contribution in [3.63, 3.8) is 0 Å². The van der Waals surface area contributed by atoms with Crippen LogP contribution in [-0.4, -0.2) is 16.0 Å². The van der Waals surface area contributed by atoms with Gasteiger partial charge in [0.05, 0.1) is 5.39 Å². The number of hydrogen-bond donors (Lipinski definition) is 2. The van der Waals surface area contributed by atoms with E-state index in [1.54, 1.807) is 11.3 Å². The molecule has 0 amide bonds. The quantitative estimate of drug-likeness (QED) is 0.879. The summed E-state index contributed by atoms with van der Waals surface area (Å²) in [6, 6.07) is 2.46. The van der Waals surface area contributed by atoms with Gasteiger partial charge in [-0.25, -0.2) is 4.98 Å². The lowest BCUT2D eigenvalue weighted by Crippen LogP contribution is -2.22. The van der Waals surface area contributed by atoms with Crippen LogP contribution in [0.3, 0.4) is 0 Å². The number of nitrogen functional groups attached to an aromatic ring is 1. The van der Waals surface area contributed by atoms with Gasteiger partial charge in [-0.2, -0.15) is 4.98 Å². The van der Waals surface area contributed by atoms with Gasteiger partial charge in [-0.05, 0) is 25.8 Å². The summed E-state index contributed by atoms with van der Waals surface area (Å²) in [5.41, 5.74) is 5.73. The van der Waals surface area contributed by atoms with Gasteiger partial charge in [-0.15, -0.1) is 11.3 Å². The van der Waals surface area contributed by atoms with Gasteiger partial charge in [0, 0.05) is 10.9 Å². The topological polar surface area (TPSA) is 63.8 Å². The molecule has 2 aromatic heterocycles. The Morgan fingerprint density at radius 3 is 2.65 bits per heavy atom. The van der Waals surface area contributed by atoms with Crippen molar-refractivity contribution in [2.45, 2.75) is 33.7 Å². The number of thiophene rings is 1. The lowest BCUT2D eigenvalue weighted by molar-refractivity contribution is 0.559. The first kappa shape index (κ1) is 12.1. The number of fused-ring (bicyclic) bond motifs is 1. The van der Waals surface area contributed by atoms with Crippen LogP contribution >= 0.6 is 11.3 Å². The Morgan fingerprint density at radius 2 is 2.00 bits per heavy atom. The number of nitrogens with zero attached hydrogens (tertiary/aromatic N) is 2. The lowest BCUT2D eigenvalue weighted by Gasteiger charge is -2.18. The standard InChI is InChI=1S/C12H18N4S/c1-6(2)8(4)14-10-9-5-7(3)17-11(9)16-12(13)15-10/h5-6,8H,1-4H3,(H3,13,14,15,16). The maximum atomic E-state index is 5.73. The fraction of sp³-hybridized carbons (Fsp3) is 0.500. The number of nitrogens with one attached hydrogen (secondary N) is 1. The van der Waals surface area contributed by atoms with E-state index in [-0.39, 0.29) is 0 Å². The number of anilines is 2. The second-order valence-corrected chi connectivity index (χ2v) is 5.92. The van der Waals surface area contributed by atoms with Gasteiger partial charge in [0.15, 0.2) is 0 Å². The summed E-state index contributed by atoms with van der Waals surface area (Å²) in [4.78, 5) is 10.7. The summed E-state index contributed by atoms with van der Waals surface area (Å²) < 4.78 is 0. The van der Waals surface area contributed by atoms with Crippen molar-refractivity contribution < 1.29 is 0 Å². The Bertz CT molecular complexity index is 533. The average molecular weight is 250 g/mol. The molecule has 0 aliphatic rings. The molecule has 2 aromatic rings. The van der Waals surface area contributed by atoms with Crippen LogP contribution in [0, 0.1) is 12.8 Å². The second-order valence-electron chi connectivity index (χ2n) is 4.68. The predicted molar refractivity (Wildman–Crippen MR) is 74.5 cm³/mol. The first-order chi connectivity index (χ1) is 7.97. The molecule has 1 unspecified atom stereocenters. The van der Waals surface area contributed by atoms with Crippen molar-refractivity contribution in [2.75, 3.05) is 11.1 Å². The third kappa shape index (κ3) is 2.49. The molecular formula is C12H18N4S. The Balaban J connectivity index is 2.44. The Hall–Kier alpha value is -1.36. The molecule has 0 aliphatic carbocycles. The summed E-state index contributed by atoms with van der Waals surface area (Å²) in [5.74, 6) is 1.72. The molecule has 0 aromatic carbocycles. The first-order valence-corrected chi connectivity index (χ1v) is 6.59. The van der Waals surface area contributed by atoms with E-state index < -0.39 is 0 Å². The monoisotopic (exact) mass is 250 g/mol. The van der Waals surface area contributed by atoms with Crippen molar-refractivity contribution in [3.8, 4) is 0 Å². The molecule has 2 heterocycles. The minimum atomic E-state index is 0.331. The maximum absolute atomic E-state index is 5.73. The van der Waals surface area contributed by atoms with Crippen LogP contribution in [0.15, 0.2) is 6.07 Å². The maximum Gasteiger partial charge on any atom is 0.223 e. The highest BCUT2D eigenvalue weighted by molar-refractivity contribution is 7.18. The minimum Gasteiger partial charge on any atom is -0.368 e. The molecule has 92 valence electrons. The van der Waals surface area contributed by atoms with Crippen molar-refractivity contribution in [1.82, 2.24) is 9.97 Å². The molecular weight excluding hydrogens is 232 g/mol. The zero-order valence-corrected chi connectivity index (χ0v) is 11.4. The highest BCUT2D eigenvalue weighted by Gasteiger charge is 2.13. The Labute approximate surface area is 105 Å². The van der Waals surface area contributed by atoms with E-state index in [2.05, 4.69) is 49.0 Å². The molecule has 4 nitrogen and oxygen atoms in total. The van der Waals surface area contributed by atoms with E-state index >= 15 is 0 Å². The number of hydrogen-bond acceptors (Lipinski definition) is 5. The molecule has 0 spiro atoms. The number of aromatic nitrogens is 2. The largest absolute Gasteiger partial charge is 0.368 e. The molecule has 17 heavy (non-hydrogen) atoms. The van der Waals surface area contributed by atoms with Gasteiger partial charge in [-0.1, -0.05) is 13.8 Å². The molecule has 3 N–H and O–H groups in total. The fourth-order valence-electron chi connectivity index (χ4n) is 1.55. The van der Waals surface area contributed by atoms with E-state index in [0.717, 1.165) is 16.0 Å². The van der Waals surface area contributed by atoms with E-state index in [1.807, 2.05) is 0 Å². The summed E-state index contributed by atoms with van der Waals surface area (Å²) in [6.07, 6.45) is 0.